The number of primary amides is 1. The number of para-hydroxylation sites is 1. The predicted molar refractivity (Wildman–Crippen MR) is 124 cm³/mol. The van der Waals surface area contributed by atoms with Crippen LogP contribution in [0.25, 0.3) is 21.9 Å². The molecule has 2 aromatic heterocycles. The Kier molecular flexibility index (Phi) is 4.98. The average Bonchev–Trinajstić information content (AvgIpc) is 3.44. The van der Waals surface area contributed by atoms with E-state index < -0.39 is 17.4 Å². The predicted octanol–water partition coefficient (Wildman–Crippen LogP) is 1.13. The third-order valence-corrected chi connectivity index (χ3v) is 6.13. The lowest BCUT2D eigenvalue weighted by Gasteiger charge is -2.14. The lowest BCUT2D eigenvalue weighted by molar-refractivity contribution is -0.119. The van der Waals surface area contributed by atoms with E-state index in [0.29, 0.717) is 34.4 Å². The van der Waals surface area contributed by atoms with Crippen molar-refractivity contribution in [2.45, 2.75) is 0 Å². The number of amides is 2. The van der Waals surface area contributed by atoms with E-state index in [1.165, 1.54) is 9.42 Å². The van der Waals surface area contributed by atoms with E-state index in [0.717, 1.165) is 16.9 Å². The van der Waals surface area contributed by atoms with Gasteiger partial charge in [0.2, 0.25) is 10.9 Å². The van der Waals surface area contributed by atoms with Crippen molar-refractivity contribution in [3.05, 3.63) is 81.6 Å². The maximum absolute atomic E-state index is 13.2. The van der Waals surface area contributed by atoms with Crippen LogP contribution in [0.15, 0.2) is 66.0 Å². The van der Waals surface area contributed by atoms with E-state index in [1.807, 2.05) is 0 Å². The van der Waals surface area contributed by atoms with Crippen LogP contribution in [0.2, 0.25) is 0 Å². The number of aromatic nitrogens is 3. The minimum Gasteiger partial charge on any atom is -0.490 e. The second-order valence-electron chi connectivity index (χ2n) is 7.24. The number of nitrogens with zero attached hydrogens (tertiary/aromatic N) is 4. The highest BCUT2D eigenvalue weighted by Gasteiger charge is 2.35. The zero-order chi connectivity index (χ0) is 23.1. The van der Waals surface area contributed by atoms with Gasteiger partial charge in [-0.1, -0.05) is 42.2 Å². The highest BCUT2D eigenvalue weighted by atomic mass is 32.1. The molecule has 1 aliphatic heterocycles. The van der Waals surface area contributed by atoms with Gasteiger partial charge in [-0.15, -0.1) is 5.10 Å². The molecule has 0 atom stereocenters. The van der Waals surface area contributed by atoms with Crippen molar-refractivity contribution in [2.24, 2.45) is 5.73 Å². The van der Waals surface area contributed by atoms with Crippen molar-refractivity contribution in [3.8, 4) is 17.1 Å². The van der Waals surface area contributed by atoms with Crippen LogP contribution in [-0.4, -0.2) is 39.6 Å². The quantitative estimate of drug-likeness (QED) is 0.432. The molecular formula is C23H17N5O4S. The summed E-state index contributed by atoms with van der Waals surface area (Å²) in [6.45, 7) is 3.74. The number of benzene rings is 2. The lowest BCUT2D eigenvalue weighted by atomic mass is 10.1. The normalized spacial score (nSPS) is 14.5. The summed E-state index contributed by atoms with van der Waals surface area (Å²) in [4.78, 5) is 43.9. The van der Waals surface area contributed by atoms with Crippen LogP contribution in [0.4, 0.5) is 5.69 Å². The second-order valence-corrected chi connectivity index (χ2v) is 8.22. The number of hydrogen-bond donors (Lipinski definition) is 1. The first-order chi connectivity index (χ1) is 16.0. The van der Waals surface area contributed by atoms with Crippen LogP contribution < -0.4 is 25.5 Å². The van der Waals surface area contributed by atoms with Crippen LogP contribution in [0.5, 0.6) is 5.75 Å². The van der Waals surface area contributed by atoms with Crippen molar-refractivity contribution in [1.29, 1.82) is 0 Å². The molecule has 5 rings (SSSR count). The van der Waals surface area contributed by atoms with E-state index in [-0.39, 0.29) is 16.7 Å². The third-order valence-electron chi connectivity index (χ3n) is 5.10. The smallest absolute Gasteiger partial charge is 0.291 e. The standard InChI is InChI=1S/C23H17N5O4S/c1-2-11-32-14-9-7-13(8-10-14)20-25-23-28(26-20)22(31)19(33-23)18-15-5-3-4-6-16(15)27(21(18)30)12-17(24)29/h2-10H,1,11-12H2,(H2,24,29). The highest BCUT2D eigenvalue weighted by molar-refractivity contribution is 7.15. The molecule has 0 bridgehead atoms. The number of carbonyl (C=O) groups excluding carboxylic acids is 2. The molecule has 0 fully saturated rings. The van der Waals surface area contributed by atoms with Gasteiger partial charge in [-0.3, -0.25) is 19.3 Å². The van der Waals surface area contributed by atoms with Crippen molar-refractivity contribution >= 4 is 39.4 Å². The molecule has 2 amide bonds. The molecule has 3 heterocycles. The van der Waals surface area contributed by atoms with Gasteiger partial charge in [-0.2, -0.15) is 9.50 Å². The number of carbonyl (C=O) groups is 2. The summed E-state index contributed by atoms with van der Waals surface area (Å²) in [6.07, 6.45) is 1.66. The Hall–Kier alpha value is -4.31. The first-order valence-electron chi connectivity index (χ1n) is 9.95. The molecule has 0 radical (unpaired) electrons. The zero-order valence-electron chi connectivity index (χ0n) is 17.2. The number of ether oxygens (including phenoxy) is 1. The Labute approximate surface area is 191 Å². The minimum absolute atomic E-state index is 0.217. The summed E-state index contributed by atoms with van der Waals surface area (Å²) in [5.74, 6) is -0.0256. The monoisotopic (exact) mass is 459 g/mol. The van der Waals surface area contributed by atoms with Crippen LogP contribution in [0, 0.1) is 0 Å². The van der Waals surface area contributed by atoms with E-state index in [1.54, 1.807) is 54.6 Å². The van der Waals surface area contributed by atoms with E-state index >= 15 is 0 Å². The SMILES string of the molecule is C=CCOc1ccc(-c2nc3sc(=C4C(=O)N(CC(N)=O)c5ccccc54)c(=O)n3n2)cc1. The van der Waals surface area contributed by atoms with Gasteiger partial charge in [-0.05, 0) is 30.3 Å². The lowest BCUT2D eigenvalue weighted by Crippen LogP contribution is -2.37. The Morgan fingerprint density at radius 3 is 2.61 bits per heavy atom. The molecule has 0 unspecified atom stereocenters. The Morgan fingerprint density at radius 1 is 1.15 bits per heavy atom. The van der Waals surface area contributed by atoms with E-state index in [4.69, 9.17) is 10.5 Å². The molecule has 0 spiro atoms. The van der Waals surface area contributed by atoms with Crippen molar-refractivity contribution in [2.75, 3.05) is 18.1 Å². The Bertz CT molecular complexity index is 1540. The summed E-state index contributed by atoms with van der Waals surface area (Å²) in [6, 6.07) is 14.1. The van der Waals surface area contributed by atoms with Gasteiger partial charge in [0.25, 0.3) is 11.5 Å². The van der Waals surface area contributed by atoms with E-state index in [2.05, 4.69) is 16.7 Å². The third kappa shape index (κ3) is 3.46. The molecule has 33 heavy (non-hydrogen) atoms. The summed E-state index contributed by atoms with van der Waals surface area (Å²) in [7, 11) is 0. The molecule has 9 nitrogen and oxygen atoms in total. The molecule has 0 saturated heterocycles. The number of anilines is 1. The Morgan fingerprint density at radius 2 is 1.91 bits per heavy atom. The molecule has 1 aliphatic rings. The largest absolute Gasteiger partial charge is 0.490 e. The maximum atomic E-state index is 13.2. The fourth-order valence-corrected chi connectivity index (χ4v) is 4.67. The number of thiazole rings is 1. The number of fused-ring (bicyclic) bond motifs is 2. The molecule has 2 N–H and O–H groups in total. The fraction of sp³-hybridized carbons (Fsp3) is 0.0870. The van der Waals surface area contributed by atoms with Crippen molar-refractivity contribution in [1.82, 2.24) is 14.6 Å². The Balaban J connectivity index is 1.59. The number of nitrogens with two attached hydrogens (primary N) is 1. The maximum Gasteiger partial charge on any atom is 0.291 e. The van der Waals surface area contributed by atoms with Crippen LogP contribution in [-0.2, 0) is 9.59 Å². The highest BCUT2D eigenvalue weighted by Crippen LogP contribution is 2.35. The van der Waals surface area contributed by atoms with Crippen LogP contribution >= 0.6 is 11.3 Å². The summed E-state index contributed by atoms with van der Waals surface area (Å²) < 4.78 is 6.88. The molecule has 10 heteroatoms. The fourth-order valence-electron chi connectivity index (χ4n) is 3.68. The first kappa shape index (κ1) is 20.6. The van der Waals surface area contributed by atoms with Crippen LogP contribution in [0.3, 0.4) is 0 Å². The molecule has 2 aromatic carbocycles. The van der Waals surface area contributed by atoms with Crippen molar-refractivity contribution < 1.29 is 14.3 Å². The molecule has 4 aromatic rings. The number of hydrogen-bond acceptors (Lipinski definition) is 7. The van der Waals surface area contributed by atoms with Gasteiger partial charge in [0.15, 0.2) is 5.82 Å². The van der Waals surface area contributed by atoms with Gasteiger partial charge in [0.05, 0.1) is 11.3 Å². The van der Waals surface area contributed by atoms with Gasteiger partial charge in [0.1, 0.15) is 23.4 Å². The molecule has 164 valence electrons. The van der Waals surface area contributed by atoms with Crippen molar-refractivity contribution in [3.63, 3.8) is 0 Å². The van der Waals surface area contributed by atoms with E-state index in [9.17, 15) is 14.4 Å². The summed E-state index contributed by atoms with van der Waals surface area (Å²) >= 11 is 1.08. The average molecular weight is 459 g/mol. The second kappa shape index (κ2) is 7.99. The zero-order valence-corrected chi connectivity index (χ0v) is 18.0. The molecule has 0 aliphatic carbocycles. The van der Waals surface area contributed by atoms with Gasteiger partial charge in [-0.25, -0.2) is 0 Å². The number of rotatable bonds is 6. The summed E-state index contributed by atoms with van der Waals surface area (Å²) in [5, 5.41) is 4.35. The minimum atomic E-state index is -0.644. The molecular weight excluding hydrogens is 442 g/mol. The van der Waals surface area contributed by atoms with Crippen LogP contribution in [0.1, 0.15) is 5.56 Å². The summed E-state index contributed by atoms with van der Waals surface area (Å²) in [5.41, 5.74) is 6.92. The topological polar surface area (TPSA) is 120 Å². The molecule has 0 saturated carbocycles. The van der Waals surface area contributed by atoms with Gasteiger partial charge >= 0.3 is 0 Å². The first-order valence-corrected chi connectivity index (χ1v) is 10.8. The van der Waals surface area contributed by atoms with Gasteiger partial charge in [0, 0.05) is 11.1 Å². The van der Waals surface area contributed by atoms with Gasteiger partial charge < -0.3 is 10.5 Å².